The van der Waals surface area contributed by atoms with E-state index in [-0.39, 0.29) is 23.4 Å². The number of benzene rings is 1. The predicted octanol–water partition coefficient (Wildman–Crippen LogP) is 2.37. The third-order valence-corrected chi connectivity index (χ3v) is 4.47. The van der Waals surface area contributed by atoms with E-state index in [9.17, 15) is 19.7 Å². The summed E-state index contributed by atoms with van der Waals surface area (Å²) in [5.74, 6) is -0.298. The molecule has 0 atom stereocenters. The number of nitro benzene ring substituents is 1. The van der Waals surface area contributed by atoms with Gasteiger partial charge in [0.25, 0.3) is 11.6 Å². The van der Waals surface area contributed by atoms with Gasteiger partial charge in [-0.1, -0.05) is 12.1 Å². The normalized spacial score (nSPS) is 14.3. The van der Waals surface area contributed by atoms with E-state index in [1.807, 2.05) is 0 Å². The van der Waals surface area contributed by atoms with Crippen molar-refractivity contribution >= 4 is 28.5 Å². The molecule has 1 saturated heterocycles. The Kier molecular flexibility index (Phi) is 5.20. The molecule has 0 bridgehead atoms. The molecule has 0 saturated carbocycles. The van der Waals surface area contributed by atoms with E-state index >= 15 is 0 Å². The van der Waals surface area contributed by atoms with Crippen molar-refractivity contribution in [3.63, 3.8) is 0 Å². The number of rotatable bonds is 3. The number of hydrogen-bond donors (Lipinski definition) is 0. The second-order valence-corrected chi connectivity index (χ2v) is 6.22. The van der Waals surface area contributed by atoms with Gasteiger partial charge in [0.15, 0.2) is 0 Å². The highest BCUT2D eigenvalue weighted by atomic mass is 16.6. The van der Waals surface area contributed by atoms with Crippen molar-refractivity contribution in [3.05, 3.63) is 45.8 Å². The zero-order valence-corrected chi connectivity index (χ0v) is 15.2. The van der Waals surface area contributed by atoms with Crippen LogP contribution in [0.1, 0.15) is 23.1 Å². The van der Waals surface area contributed by atoms with Crippen molar-refractivity contribution in [1.29, 1.82) is 0 Å². The summed E-state index contributed by atoms with van der Waals surface area (Å²) in [5, 5.41) is 12.1. The number of aryl methyl sites for hydroxylation is 1. The summed E-state index contributed by atoms with van der Waals surface area (Å²) in [4.78, 5) is 43.1. The van der Waals surface area contributed by atoms with Crippen LogP contribution in [0.5, 0.6) is 0 Å². The maximum Gasteiger partial charge on any atom is 0.409 e. The fourth-order valence-corrected chi connectivity index (χ4v) is 3.17. The lowest BCUT2D eigenvalue weighted by atomic mass is 10.1. The highest BCUT2D eigenvalue weighted by Gasteiger charge is 2.28. The zero-order valence-electron chi connectivity index (χ0n) is 15.2. The van der Waals surface area contributed by atoms with E-state index in [0.717, 1.165) is 0 Å². The van der Waals surface area contributed by atoms with Crippen LogP contribution < -0.4 is 0 Å². The van der Waals surface area contributed by atoms with Crippen molar-refractivity contribution in [2.45, 2.75) is 13.8 Å². The first-order valence-electron chi connectivity index (χ1n) is 8.68. The number of nitro groups is 1. The molecule has 1 fully saturated rings. The third-order valence-electron chi connectivity index (χ3n) is 4.47. The molecule has 0 spiro atoms. The summed E-state index contributed by atoms with van der Waals surface area (Å²) < 4.78 is 4.98. The molecule has 0 unspecified atom stereocenters. The molecule has 0 N–H and O–H groups in total. The van der Waals surface area contributed by atoms with Crippen LogP contribution >= 0.6 is 0 Å². The van der Waals surface area contributed by atoms with E-state index in [1.54, 1.807) is 41.8 Å². The molecule has 9 heteroatoms. The molecule has 0 aliphatic carbocycles. The van der Waals surface area contributed by atoms with Crippen LogP contribution in [-0.2, 0) is 4.74 Å². The lowest BCUT2D eigenvalue weighted by Crippen LogP contribution is -2.50. The van der Waals surface area contributed by atoms with Crippen molar-refractivity contribution < 1.29 is 19.2 Å². The van der Waals surface area contributed by atoms with Gasteiger partial charge in [-0.05, 0) is 19.9 Å². The minimum atomic E-state index is -0.464. The Morgan fingerprint density at radius 3 is 2.48 bits per heavy atom. The Bertz CT molecular complexity index is 906. The molecule has 27 heavy (non-hydrogen) atoms. The van der Waals surface area contributed by atoms with Gasteiger partial charge >= 0.3 is 6.09 Å². The molecule has 1 aromatic heterocycles. The molecule has 1 aliphatic rings. The summed E-state index contributed by atoms with van der Waals surface area (Å²) in [6.07, 6.45) is -0.389. The first-order chi connectivity index (χ1) is 12.9. The van der Waals surface area contributed by atoms with Crippen LogP contribution in [-0.4, -0.2) is 64.5 Å². The molecular formula is C18H20N4O5. The number of amides is 2. The van der Waals surface area contributed by atoms with Gasteiger partial charge in [-0.15, -0.1) is 0 Å². The fourth-order valence-electron chi connectivity index (χ4n) is 3.17. The van der Waals surface area contributed by atoms with Gasteiger partial charge in [0.05, 0.1) is 16.9 Å². The molecule has 9 nitrogen and oxygen atoms in total. The third kappa shape index (κ3) is 3.67. The minimum absolute atomic E-state index is 0.0563. The van der Waals surface area contributed by atoms with E-state index < -0.39 is 4.92 Å². The number of hydrogen-bond acceptors (Lipinski definition) is 6. The number of carbonyl (C=O) groups excluding carboxylic acids is 2. The van der Waals surface area contributed by atoms with E-state index in [1.165, 1.54) is 6.07 Å². The van der Waals surface area contributed by atoms with Crippen molar-refractivity contribution in [2.24, 2.45) is 0 Å². The second kappa shape index (κ2) is 7.56. The van der Waals surface area contributed by atoms with Gasteiger partial charge in [-0.3, -0.25) is 14.9 Å². The highest BCUT2D eigenvalue weighted by molar-refractivity contribution is 6.07. The quantitative estimate of drug-likeness (QED) is 0.605. The SMILES string of the molecule is CCOC(=O)N1CCN(C(=O)c2nc(C)cc3c([N+](=O)[O-])cccc23)CC1. The largest absolute Gasteiger partial charge is 0.450 e. The fraction of sp³-hybridized carbons (Fsp3) is 0.389. The summed E-state index contributed by atoms with van der Waals surface area (Å²) >= 11 is 0. The first kappa shape index (κ1) is 18.6. The Balaban J connectivity index is 1.88. The van der Waals surface area contributed by atoms with Gasteiger partial charge in [0.2, 0.25) is 0 Å². The Hall–Kier alpha value is -3.23. The summed E-state index contributed by atoms with van der Waals surface area (Å²) in [7, 11) is 0. The van der Waals surface area contributed by atoms with Crippen molar-refractivity contribution in [1.82, 2.24) is 14.8 Å². The molecule has 142 valence electrons. The monoisotopic (exact) mass is 372 g/mol. The Morgan fingerprint density at radius 2 is 1.85 bits per heavy atom. The number of non-ortho nitro benzene ring substituents is 1. The summed E-state index contributed by atoms with van der Waals surface area (Å²) in [6, 6.07) is 6.24. The van der Waals surface area contributed by atoms with Crippen molar-refractivity contribution in [2.75, 3.05) is 32.8 Å². The average molecular weight is 372 g/mol. The highest BCUT2D eigenvalue weighted by Crippen LogP contribution is 2.28. The van der Waals surface area contributed by atoms with Crippen LogP contribution in [0.3, 0.4) is 0 Å². The average Bonchev–Trinajstić information content (AvgIpc) is 2.66. The van der Waals surface area contributed by atoms with Gasteiger partial charge in [-0.2, -0.15) is 0 Å². The zero-order chi connectivity index (χ0) is 19.6. The smallest absolute Gasteiger partial charge is 0.409 e. The maximum absolute atomic E-state index is 13.0. The number of aromatic nitrogens is 1. The predicted molar refractivity (Wildman–Crippen MR) is 97.6 cm³/mol. The Labute approximate surface area is 155 Å². The minimum Gasteiger partial charge on any atom is -0.450 e. The molecule has 2 heterocycles. The van der Waals surface area contributed by atoms with E-state index in [2.05, 4.69) is 4.98 Å². The Morgan fingerprint density at radius 1 is 1.19 bits per heavy atom. The molecule has 1 aromatic carbocycles. The number of piperazine rings is 1. The molecule has 3 rings (SSSR count). The molecule has 2 amide bonds. The number of ether oxygens (including phenoxy) is 1. The van der Waals surface area contributed by atoms with Crippen LogP contribution in [0.2, 0.25) is 0 Å². The molecule has 1 aliphatic heterocycles. The number of carbonyl (C=O) groups is 2. The standard InChI is InChI=1S/C18H20N4O5/c1-3-27-18(24)21-9-7-20(8-10-21)17(23)16-13-5-4-6-15(22(25)26)14(13)11-12(2)19-16/h4-6,11H,3,7-10H2,1-2H3. The number of nitrogens with zero attached hydrogens (tertiary/aromatic N) is 4. The van der Waals surface area contributed by atoms with Gasteiger partial charge in [0.1, 0.15) is 5.69 Å². The molecule has 0 radical (unpaired) electrons. The van der Waals surface area contributed by atoms with E-state index in [4.69, 9.17) is 4.74 Å². The van der Waals surface area contributed by atoms with Crippen molar-refractivity contribution in [3.8, 4) is 0 Å². The number of fused-ring (bicyclic) bond motifs is 1. The molecule has 2 aromatic rings. The van der Waals surface area contributed by atoms with Gasteiger partial charge in [0, 0.05) is 43.3 Å². The van der Waals surface area contributed by atoms with Gasteiger partial charge in [-0.25, -0.2) is 9.78 Å². The lowest BCUT2D eigenvalue weighted by molar-refractivity contribution is -0.383. The molecular weight excluding hydrogens is 352 g/mol. The topological polar surface area (TPSA) is 106 Å². The second-order valence-electron chi connectivity index (χ2n) is 6.22. The van der Waals surface area contributed by atoms with Crippen LogP contribution in [0.4, 0.5) is 10.5 Å². The lowest BCUT2D eigenvalue weighted by Gasteiger charge is -2.34. The number of pyridine rings is 1. The maximum atomic E-state index is 13.0. The van der Waals surface area contributed by atoms with E-state index in [0.29, 0.717) is 49.3 Å². The summed E-state index contributed by atoms with van der Waals surface area (Å²) in [6.45, 7) is 5.18. The van der Waals surface area contributed by atoms with Crippen LogP contribution in [0.15, 0.2) is 24.3 Å². The summed E-state index contributed by atoms with van der Waals surface area (Å²) in [5.41, 5.74) is 0.669. The van der Waals surface area contributed by atoms with Crippen LogP contribution in [0, 0.1) is 17.0 Å². The van der Waals surface area contributed by atoms with Gasteiger partial charge < -0.3 is 14.5 Å². The first-order valence-corrected chi connectivity index (χ1v) is 8.68. The van der Waals surface area contributed by atoms with Crippen LogP contribution in [0.25, 0.3) is 10.8 Å².